The van der Waals surface area contributed by atoms with Gasteiger partial charge in [-0.2, -0.15) is 0 Å². The average Bonchev–Trinajstić information content (AvgIpc) is 2.76. The summed E-state index contributed by atoms with van der Waals surface area (Å²) in [7, 11) is 0. The van der Waals surface area contributed by atoms with E-state index < -0.39 is 0 Å². The summed E-state index contributed by atoms with van der Waals surface area (Å²) in [5.41, 5.74) is 4.65. The molecule has 0 N–H and O–H groups in total. The molecule has 0 saturated heterocycles. The van der Waals surface area contributed by atoms with Crippen molar-refractivity contribution in [2.75, 3.05) is 13.2 Å². The van der Waals surface area contributed by atoms with Crippen molar-refractivity contribution in [2.45, 2.75) is 72.3 Å². The second-order valence-corrected chi connectivity index (χ2v) is 6.35. The summed E-state index contributed by atoms with van der Waals surface area (Å²) in [5, 5.41) is 11.9. The highest BCUT2D eigenvalue weighted by Crippen LogP contribution is 2.29. The number of Topliss-reactive ketones (excluding diaryl/α,β-unsaturated/α-hetero) is 1. The molecule has 1 aliphatic rings. The van der Waals surface area contributed by atoms with Gasteiger partial charge in [-0.1, -0.05) is 12.8 Å². The number of hydrogen-bond donors (Lipinski definition) is 0. The van der Waals surface area contributed by atoms with Crippen molar-refractivity contribution in [3.8, 4) is 0 Å². The molecule has 1 heterocycles. The van der Waals surface area contributed by atoms with Gasteiger partial charge in [0.15, 0.2) is 5.78 Å². The molecule has 0 radical (unpaired) electrons. The average molecular weight is 321 g/mol. The van der Waals surface area contributed by atoms with Crippen LogP contribution in [0.1, 0.15) is 72.8 Å². The monoisotopic (exact) mass is 321 g/mol. The molecule has 1 aromatic rings. The number of aromatic nitrogens is 1. The molecule has 0 fully saturated rings. The summed E-state index contributed by atoms with van der Waals surface area (Å²) in [4.78, 5) is 17.0. The van der Waals surface area contributed by atoms with Crippen molar-refractivity contribution in [3.05, 3.63) is 27.7 Å². The van der Waals surface area contributed by atoms with Crippen LogP contribution in [0.25, 0.3) is 0 Å². The van der Waals surface area contributed by atoms with Gasteiger partial charge in [-0.05, 0) is 52.0 Å². The first kappa shape index (κ1) is 18.2. The zero-order valence-electron chi connectivity index (χ0n) is 14.7. The minimum atomic E-state index is 0.317. The number of fused-ring (bicyclic) bond motifs is 1. The van der Waals surface area contributed by atoms with Crippen LogP contribution in [0.2, 0.25) is 0 Å². The summed E-state index contributed by atoms with van der Waals surface area (Å²) >= 11 is 0. The molecular formula is C18H29N2O3-. The van der Waals surface area contributed by atoms with Crippen molar-refractivity contribution in [2.24, 2.45) is 0 Å². The number of carbonyl (C=O) groups is 1. The molecule has 0 saturated carbocycles. The molecule has 5 heteroatoms. The normalized spacial score (nSPS) is 14.6. The number of unbranched alkanes of at least 4 members (excludes halogenated alkanes) is 3. The molecule has 0 bridgehead atoms. The summed E-state index contributed by atoms with van der Waals surface area (Å²) in [5.74, 6) is 0.317. The SMILES string of the molecule is CCON([O-])CCCCCCn1c(C)c(C)c2c1CCCC2=O. The summed E-state index contributed by atoms with van der Waals surface area (Å²) < 4.78 is 2.35. The molecule has 0 aromatic carbocycles. The molecule has 0 atom stereocenters. The smallest absolute Gasteiger partial charge is 0.164 e. The third-order valence-corrected chi connectivity index (χ3v) is 4.78. The minimum absolute atomic E-state index is 0.317. The van der Waals surface area contributed by atoms with Crippen molar-refractivity contribution in [1.82, 2.24) is 9.79 Å². The highest BCUT2D eigenvalue weighted by Gasteiger charge is 2.25. The van der Waals surface area contributed by atoms with E-state index in [2.05, 4.69) is 18.4 Å². The van der Waals surface area contributed by atoms with Crippen LogP contribution >= 0.6 is 0 Å². The number of hydroxylamine groups is 2. The quantitative estimate of drug-likeness (QED) is 0.511. The zero-order valence-corrected chi connectivity index (χ0v) is 14.7. The molecule has 0 amide bonds. The Balaban J connectivity index is 1.81. The minimum Gasteiger partial charge on any atom is -0.762 e. The molecule has 1 aromatic heterocycles. The Morgan fingerprint density at radius 2 is 1.91 bits per heavy atom. The van der Waals surface area contributed by atoms with E-state index >= 15 is 0 Å². The number of carbonyl (C=O) groups excluding carboxylic acids is 1. The number of rotatable bonds is 9. The lowest BCUT2D eigenvalue weighted by Gasteiger charge is -2.25. The molecule has 2 rings (SSSR count). The van der Waals surface area contributed by atoms with Crippen LogP contribution in [0, 0.1) is 19.1 Å². The fourth-order valence-corrected chi connectivity index (χ4v) is 3.48. The number of ketones is 1. The van der Waals surface area contributed by atoms with Gasteiger partial charge >= 0.3 is 0 Å². The Labute approximate surface area is 139 Å². The fourth-order valence-electron chi connectivity index (χ4n) is 3.48. The van der Waals surface area contributed by atoms with Crippen LogP contribution in [0.4, 0.5) is 0 Å². The first-order valence-electron chi connectivity index (χ1n) is 8.85. The molecule has 0 spiro atoms. The van der Waals surface area contributed by atoms with E-state index in [1.165, 1.54) is 17.0 Å². The highest BCUT2D eigenvalue weighted by molar-refractivity contribution is 6.00. The maximum absolute atomic E-state index is 12.1. The van der Waals surface area contributed by atoms with E-state index in [0.717, 1.165) is 50.6 Å². The molecule has 0 aliphatic heterocycles. The van der Waals surface area contributed by atoms with Crippen LogP contribution in [-0.2, 0) is 17.8 Å². The van der Waals surface area contributed by atoms with E-state index in [0.29, 0.717) is 30.6 Å². The Morgan fingerprint density at radius 3 is 2.65 bits per heavy atom. The van der Waals surface area contributed by atoms with Gasteiger partial charge < -0.3 is 14.6 Å². The van der Waals surface area contributed by atoms with Gasteiger partial charge in [-0.25, -0.2) is 0 Å². The molecule has 130 valence electrons. The van der Waals surface area contributed by atoms with Crippen LogP contribution in [0.5, 0.6) is 0 Å². The highest BCUT2D eigenvalue weighted by atomic mass is 16.9. The van der Waals surface area contributed by atoms with E-state index in [1.807, 2.05) is 6.92 Å². The maximum atomic E-state index is 12.1. The van der Waals surface area contributed by atoms with E-state index in [1.54, 1.807) is 0 Å². The number of nitrogens with zero attached hydrogens (tertiary/aromatic N) is 2. The second-order valence-electron chi connectivity index (χ2n) is 6.35. The Kier molecular flexibility index (Phi) is 6.81. The number of hydrogen-bond acceptors (Lipinski definition) is 4. The summed E-state index contributed by atoms with van der Waals surface area (Å²) in [6, 6.07) is 0. The van der Waals surface area contributed by atoms with E-state index in [9.17, 15) is 10.0 Å². The molecule has 5 nitrogen and oxygen atoms in total. The summed E-state index contributed by atoms with van der Waals surface area (Å²) in [6.45, 7) is 7.86. The van der Waals surface area contributed by atoms with Gasteiger partial charge in [0.05, 0.1) is 6.61 Å². The molecule has 0 unspecified atom stereocenters. The van der Waals surface area contributed by atoms with Crippen LogP contribution < -0.4 is 0 Å². The van der Waals surface area contributed by atoms with Gasteiger partial charge in [0, 0.05) is 36.5 Å². The van der Waals surface area contributed by atoms with Crippen LogP contribution in [0.15, 0.2) is 0 Å². The summed E-state index contributed by atoms with van der Waals surface area (Å²) in [6.07, 6.45) is 6.78. The predicted octanol–water partition coefficient (Wildman–Crippen LogP) is 3.94. The van der Waals surface area contributed by atoms with Gasteiger partial charge in [0.1, 0.15) is 0 Å². The van der Waals surface area contributed by atoms with Crippen molar-refractivity contribution in [3.63, 3.8) is 0 Å². The molecular weight excluding hydrogens is 292 g/mol. The predicted molar refractivity (Wildman–Crippen MR) is 91.3 cm³/mol. The largest absolute Gasteiger partial charge is 0.762 e. The maximum Gasteiger partial charge on any atom is 0.164 e. The first-order chi connectivity index (χ1) is 11.1. The lowest BCUT2D eigenvalue weighted by Crippen LogP contribution is -2.17. The third kappa shape index (κ3) is 4.43. The fraction of sp³-hybridized carbons (Fsp3) is 0.722. The molecule has 23 heavy (non-hydrogen) atoms. The lowest BCUT2D eigenvalue weighted by atomic mass is 9.94. The molecule has 1 aliphatic carbocycles. The van der Waals surface area contributed by atoms with E-state index in [4.69, 9.17) is 4.84 Å². The van der Waals surface area contributed by atoms with Crippen molar-refractivity contribution < 1.29 is 9.63 Å². The van der Waals surface area contributed by atoms with Gasteiger partial charge in [0.25, 0.3) is 0 Å². The second kappa shape index (κ2) is 8.62. The topological polar surface area (TPSA) is 57.5 Å². The Morgan fingerprint density at radius 1 is 1.17 bits per heavy atom. The van der Waals surface area contributed by atoms with Crippen molar-refractivity contribution in [1.29, 1.82) is 0 Å². The van der Waals surface area contributed by atoms with Crippen LogP contribution in [0.3, 0.4) is 0 Å². The third-order valence-electron chi connectivity index (χ3n) is 4.78. The van der Waals surface area contributed by atoms with Crippen LogP contribution in [-0.4, -0.2) is 28.7 Å². The Hall–Kier alpha value is -1.17. The standard InChI is InChI=1S/C18H29N2O3/c1-4-23-20(22)13-8-6-5-7-12-19-15(3)14(2)18-16(19)10-9-11-17(18)21/h4-13H2,1-3H3/q-1. The Bertz CT molecular complexity index is 537. The van der Waals surface area contributed by atoms with E-state index in [-0.39, 0.29) is 0 Å². The van der Waals surface area contributed by atoms with Gasteiger partial charge in [0.2, 0.25) is 0 Å². The lowest BCUT2D eigenvalue weighted by molar-refractivity contribution is -0.115. The zero-order chi connectivity index (χ0) is 16.8. The van der Waals surface area contributed by atoms with Gasteiger partial charge in [-0.3, -0.25) is 10.0 Å². The van der Waals surface area contributed by atoms with Gasteiger partial charge in [-0.15, -0.1) is 0 Å². The van der Waals surface area contributed by atoms with Crippen molar-refractivity contribution >= 4 is 5.78 Å². The first-order valence-corrected chi connectivity index (χ1v) is 8.85.